The quantitative estimate of drug-likeness (QED) is 0.654. The van der Waals surface area contributed by atoms with Crippen LogP contribution in [0.25, 0.3) is 16.9 Å². The van der Waals surface area contributed by atoms with Crippen LogP contribution < -0.4 is 4.90 Å². The third kappa shape index (κ3) is 3.23. The minimum Gasteiger partial charge on any atom is -0.462 e. The Kier molecular flexibility index (Phi) is 4.72. The van der Waals surface area contributed by atoms with E-state index >= 15 is 0 Å². The number of ether oxygens (including phenoxy) is 2. The Balaban J connectivity index is 1.73. The fourth-order valence-corrected chi connectivity index (χ4v) is 3.24. The zero-order valence-corrected chi connectivity index (χ0v) is 15.3. The van der Waals surface area contributed by atoms with E-state index in [1.165, 1.54) is 0 Å². The van der Waals surface area contributed by atoms with Crippen molar-refractivity contribution in [2.75, 3.05) is 31.3 Å². The van der Waals surface area contributed by atoms with Crippen molar-refractivity contribution in [2.45, 2.75) is 19.9 Å². The topological polar surface area (TPSA) is 81.8 Å². The molecule has 1 saturated heterocycles. The molecule has 4 rings (SSSR count). The van der Waals surface area contributed by atoms with Crippen LogP contribution in [0.3, 0.4) is 0 Å². The van der Waals surface area contributed by atoms with Gasteiger partial charge in [0, 0.05) is 30.7 Å². The first-order chi connectivity index (χ1) is 13.2. The molecule has 1 fully saturated rings. The predicted octanol–water partition coefficient (Wildman–Crippen LogP) is 2.19. The van der Waals surface area contributed by atoms with Crippen LogP contribution in [-0.4, -0.2) is 58.0 Å². The maximum absolute atomic E-state index is 12.5. The Labute approximate surface area is 156 Å². The number of aromatic nitrogens is 4. The fourth-order valence-electron chi connectivity index (χ4n) is 3.24. The van der Waals surface area contributed by atoms with Gasteiger partial charge >= 0.3 is 5.97 Å². The van der Waals surface area contributed by atoms with E-state index in [9.17, 15) is 4.79 Å². The van der Waals surface area contributed by atoms with Crippen molar-refractivity contribution in [1.82, 2.24) is 19.6 Å². The highest BCUT2D eigenvalue weighted by Gasteiger charge is 2.24. The maximum atomic E-state index is 12.5. The van der Waals surface area contributed by atoms with E-state index < -0.39 is 5.97 Å². The summed E-state index contributed by atoms with van der Waals surface area (Å²) < 4.78 is 12.3. The van der Waals surface area contributed by atoms with Gasteiger partial charge in [0.05, 0.1) is 25.9 Å². The molecule has 27 heavy (non-hydrogen) atoms. The van der Waals surface area contributed by atoms with Gasteiger partial charge in [-0.05, 0) is 32.0 Å². The predicted molar refractivity (Wildman–Crippen MR) is 99.8 cm³/mol. The van der Waals surface area contributed by atoms with Crippen molar-refractivity contribution in [1.29, 1.82) is 0 Å². The average Bonchev–Trinajstić information content (AvgIpc) is 3.08. The zero-order valence-electron chi connectivity index (χ0n) is 15.3. The number of hydrogen-bond donors (Lipinski definition) is 0. The number of carbonyl (C=O) groups excluding carboxylic acids is 1. The van der Waals surface area contributed by atoms with Crippen molar-refractivity contribution in [3.8, 4) is 11.3 Å². The lowest BCUT2D eigenvalue weighted by atomic mass is 10.1. The molecule has 8 nitrogen and oxygen atoms in total. The van der Waals surface area contributed by atoms with Crippen LogP contribution in [0.1, 0.15) is 24.2 Å². The second kappa shape index (κ2) is 7.32. The monoisotopic (exact) mass is 367 g/mol. The number of pyridine rings is 1. The molecular weight excluding hydrogens is 346 g/mol. The van der Waals surface area contributed by atoms with Crippen LogP contribution in [-0.2, 0) is 9.47 Å². The molecule has 0 spiro atoms. The number of anilines is 1. The van der Waals surface area contributed by atoms with Crippen molar-refractivity contribution >= 4 is 17.4 Å². The van der Waals surface area contributed by atoms with Gasteiger partial charge in [-0.15, -0.1) is 0 Å². The largest absolute Gasteiger partial charge is 0.462 e. The van der Waals surface area contributed by atoms with Gasteiger partial charge in [0.1, 0.15) is 17.1 Å². The van der Waals surface area contributed by atoms with Gasteiger partial charge in [0.2, 0.25) is 0 Å². The third-order valence-electron chi connectivity index (χ3n) is 4.56. The lowest BCUT2D eigenvalue weighted by Crippen LogP contribution is -2.44. The summed E-state index contributed by atoms with van der Waals surface area (Å²) in [5.74, 6) is 0.446. The van der Waals surface area contributed by atoms with E-state index in [4.69, 9.17) is 9.47 Å². The Morgan fingerprint density at radius 2 is 2.26 bits per heavy atom. The van der Waals surface area contributed by atoms with Crippen molar-refractivity contribution < 1.29 is 14.3 Å². The molecular formula is C19H21N5O3. The lowest BCUT2D eigenvalue weighted by Gasteiger charge is -2.34. The lowest BCUT2D eigenvalue weighted by molar-refractivity contribution is 0.0529. The van der Waals surface area contributed by atoms with E-state index in [-0.39, 0.29) is 12.6 Å². The van der Waals surface area contributed by atoms with Crippen LogP contribution >= 0.6 is 0 Å². The normalized spacial score (nSPS) is 17.3. The number of rotatable bonds is 4. The van der Waals surface area contributed by atoms with Crippen LogP contribution in [0, 0.1) is 0 Å². The summed E-state index contributed by atoms with van der Waals surface area (Å²) >= 11 is 0. The molecule has 4 heterocycles. The Hall–Kier alpha value is -3.00. The molecule has 0 aliphatic carbocycles. The van der Waals surface area contributed by atoms with Gasteiger partial charge in [-0.2, -0.15) is 5.10 Å². The number of hydrogen-bond acceptors (Lipinski definition) is 7. The number of nitrogens with zero attached hydrogens (tertiary/aromatic N) is 5. The number of carbonyl (C=O) groups is 1. The van der Waals surface area contributed by atoms with Crippen molar-refractivity contribution in [3.05, 3.63) is 42.4 Å². The molecule has 1 aliphatic heterocycles. The highest BCUT2D eigenvalue weighted by molar-refractivity contribution is 6.02. The standard InChI is InChI=1S/C19H21N5O3/c1-3-27-19(25)16-17(22-24-8-4-7-20-18(16)24)14-5-6-15(21-11-14)23-9-10-26-12-13(23)2/h4-8,11,13H,3,9-10,12H2,1-2H3. The molecule has 1 unspecified atom stereocenters. The van der Waals surface area contributed by atoms with Gasteiger partial charge in [-0.1, -0.05) is 0 Å². The van der Waals surface area contributed by atoms with Crippen molar-refractivity contribution in [2.24, 2.45) is 0 Å². The Bertz CT molecular complexity index is 954. The molecule has 0 radical (unpaired) electrons. The first-order valence-electron chi connectivity index (χ1n) is 9.00. The van der Waals surface area contributed by atoms with Crippen LogP contribution in [0.15, 0.2) is 36.8 Å². The van der Waals surface area contributed by atoms with Gasteiger partial charge < -0.3 is 14.4 Å². The molecule has 0 saturated carbocycles. The van der Waals surface area contributed by atoms with E-state index in [1.807, 2.05) is 12.1 Å². The molecule has 0 N–H and O–H groups in total. The highest BCUT2D eigenvalue weighted by atomic mass is 16.5. The molecule has 1 aliphatic rings. The first kappa shape index (κ1) is 17.4. The summed E-state index contributed by atoms with van der Waals surface area (Å²) in [6.45, 7) is 6.36. The highest BCUT2D eigenvalue weighted by Crippen LogP contribution is 2.27. The molecule has 0 aromatic carbocycles. The summed E-state index contributed by atoms with van der Waals surface area (Å²) in [6.07, 6.45) is 5.12. The number of morpholine rings is 1. The second-order valence-electron chi connectivity index (χ2n) is 6.35. The number of fused-ring (bicyclic) bond motifs is 1. The summed E-state index contributed by atoms with van der Waals surface area (Å²) in [6, 6.07) is 5.91. The van der Waals surface area contributed by atoms with Gasteiger partial charge in [-0.25, -0.2) is 19.3 Å². The van der Waals surface area contributed by atoms with E-state index in [2.05, 4.69) is 26.9 Å². The first-order valence-corrected chi connectivity index (χ1v) is 9.00. The van der Waals surface area contributed by atoms with Crippen LogP contribution in [0.2, 0.25) is 0 Å². The van der Waals surface area contributed by atoms with E-state index in [0.29, 0.717) is 30.1 Å². The van der Waals surface area contributed by atoms with E-state index in [1.54, 1.807) is 36.1 Å². The minimum atomic E-state index is -0.438. The van der Waals surface area contributed by atoms with Gasteiger partial charge in [0.25, 0.3) is 0 Å². The van der Waals surface area contributed by atoms with E-state index in [0.717, 1.165) is 17.9 Å². The minimum absolute atomic E-state index is 0.270. The third-order valence-corrected chi connectivity index (χ3v) is 4.56. The zero-order chi connectivity index (χ0) is 18.8. The van der Waals surface area contributed by atoms with Crippen molar-refractivity contribution in [3.63, 3.8) is 0 Å². The average molecular weight is 367 g/mol. The smallest absolute Gasteiger partial charge is 0.344 e. The molecule has 3 aromatic rings. The molecule has 0 bridgehead atoms. The maximum Gasteiger partial charge on any atom is 0.344 e. The molecule has 1 atom stereocenters. The molecule has 8 heteroatoms. The Morgan fingerprint density at radius 3 is 3.00 bits per heavy atom. The summed E-state index contributed by atoms with van der Waals surface area (Å²) in [7, 11) is 0. The van der Waals surface area contributed by atoms with Crippen LogP contribution in [0.4, 0.5) is 5.82 Å². The molecule has 140 valence electrons. The van der Waals surface area contributed by atoms with Gasteiger partial charge in [-0.3, -0.25) is 0 Å². The molecule has 0 amide bonds. The van der Waals surface area contributed by atoms with Crippen LogP contribution in [0.5, 0.6) is 0 Å². The molecule has 3 aromatic heterocycles. The number of esters is 1. The SMILES string of the molecule is CCOC(=O)c1c(-c2ccc(N3CCOCC3C)nc2)nn2cccnc12. The summed E-state index contributed by atoms with van der Waals surface area (Å²) in [5.41, 5.74) is 2.08. The summed E-state index contributed by atoms with van der Waals surface area (Å²) in [5, 5.41) is 4.52. The fraction of sp³-hybridized carbons (Fsp3) is 0.368. The Morgan fingerprint density at radius 1 is 1.37 bits per heavy atom. The van der Waals surface area contributed by atoms with Gasteiger partial charge in [0.15, 0.2) is 5.65 Å². The summed E-state index contributed by atoms with van der Waals surface area (Å²) in [4.78, 5) is 23.6. The second-order valence-corrected chi connectivity index (χ2v) is 6.35.